The first-order chi connectivity index (χ1) is 9.10. The highest BCUT2D eigenvalue weighted by Gasteiger charge is 2.13. The van der Waals surface area contributed by atoms with E-state index in [0.717, 1.165) is 24.1 Å². The summed E-state index contributed by atoms with van der Waals surface area (Å²) in [5.41, 5.74) is 3.06. The molecule has 1 atom stereocenters. The molecule has 0 aliphatic rings. The summed E-state index contributed by atoms with van der Waals surface area (Å²) in [6.07, 6.45) is 4.09. The Bertz CT molecular complexity index is 531. The summed E-state index contributed by atoms with van der Waals surface area (Å²) in [7, 11) is 0. The second-order valence-electron chi connectivity index (χ2n) is 5.37. The molecule has 1 heterocycles. The van der Waals surface area contributed by atoms with Crippen molar-refractivity contribution in [3.8, 4) is 0 Å². The number of aliphatic hydroxyl groups excluding tert-OH is 1. The Morgan fingerprint density at radius 2 is 2.05 bits per heavy atom. The molecule has 0 radical (unpaired) electrons. The fourth-order valence-electron chi connectivity index (χ4n) is 2.25. The van der Waals surface area contributed by atoms with Gasteiger partial charge in [-0.05, 0) is 30.4 Å². The molecule has 2 rings (SSSR count). The number of nitrogens with zero attached hydrogens (tertiary/aromatic N) is 2. The fourth-order valence-corrected chi connectivity index (χ4v) is 2.25. The van der Waals surface area contributed by atoms with Gasteiger partial charge in [-0.1, -0.05) is 38.1 Å². The number of hydrogen-bond acceptors (Lipinski definition) is 2. The number of hydrogen-bond donors (Lipinski definition) is 1. The summed E-state index contributed by atoms with van der Waals surface area (Å²) in [6.45, 7) is 7.26. The summed E-state index contributed by atoms with van der Waals surface area (Å²) in [5, 5.41) is 14.6. The van der Waals surface area contributed by atoms with E-state index in [0.29, 0.717) is 5.92 Å². The van der Waals surface area contributed by atoms with Crippen molar-refractivity contribution in [3.05, 3.63) is 53.3 Å². The van der Waals surface area contributed by atoms with Crippen molar-refractivity contribution in [3.63, 3.8) is 0 Å². The maximum absolute atomic E-state index is 10.4. The van der Waals surface area contributed by atoms with E-state index >= 15 is 0 Å². The summed E-state index contributed by atoms with van der Waals surface area (Å²) in [5.74, 6) is 0.621. The van der Waals surface area contributed by atoms with Gasteiger partial charge in [0.05, 0.1) is 6.20 Å². The van der Waals surface area contributed by atoms with Gasteiger partial charge in [0.25, 0.3) is 0 Å². The molecular formula is C16H22N2O. The van der Waals surface area contributed by atoms with Gasteiger partial charge in [-0.3, -0.25) is 4.68 Å². The molecule has 0 amide bonds. The normalized spacial score (nSPS) is 12.9. The Balaban J connectivity index is 2.20. The second kappa shape index (κ2) is 6.02. The average molecular weight is 258 g/mol. The van der Waals surface area contributed by atoms with Crippen LogP contribution in [0.25, 0.3) is 0 Å². The second-order valence-corrected chi connectivity index (χ2v) is 5.37. The van der Waals surface area contributed by atoms with Crippen molar-refractivity contribution >= 4 is 0 Å². The highest BCUT2D eigenvalue weighted by Crippen LogP contribution is 2.23. The molecule has 1 aromatic carbocycles. The molecule has 3 heteroatoms. The minimum Gasteiger partial charge on any atom is -0.384 e. The van der Waals surface area contributed by atoms with Gasteiger partial charge in [0.15, 0.2) is 0 Å². The molecule has 102 valence electrons. The van der Waals surface area contributed by atoms with Crippen LogP contribution in [-0.4, -0.2) is 14.9 Å². The van der Waals surface area contributed by atoms with Crippen molar-refractivity contribution < 1.29 is 5.11 Å². The quantitative estimate of drug-likeness (QED) is 0.894. The molecule has 1 unspecified atom stereocenters. The monoisotopic (exact) mass is 258 g/mol. The van der Waals surface area contributed by atoms with Crippen molar-refractivity contribution in [2.45, 2.75) is 39.8 Å². The molecule has 0 fully saturated rings. The summed E-state index contributed by atoms with van der Waals surface area (Å²) < 4.78 is 1.83. The number of rotatable bonds is 5. The van der Waals surface area contributed by atoms with E-state index in [4.69, 9.17) is 0 Å². The van der Waals surface area contributed by atoms with Gasteiger partial charge in [0, 0.05) is 18.3 Å². The molecule has 0 aliphatic carbocycles. The van der Waals surface area contributed by atoms with E-state index < -0.39 is 6.10 Å². The predicted molar refractivity (Wildman–Crippen MR) is 76.9 cm³/mol. The third-order valence-corrected chi connectivity index (χ3v) is 3.20. The molecule has 19 heavy (non-hydrogen) atoms. The average Bonchev–Trinajstić information content (AvgIpc) is 2.86. The Morgan fingerprint density at radius 1 is 1.26 bits per heavy atom. The summed E-state index contributed by atoms with van der Waals surface area (Å²) in [6, 6.07) is 8.19. The molecule has 1 aromatic heterocycles. The fraction of sp³-hybridized carbons (Fsp3) is 0.438. The molecular weight excluding hydrogens is 236 g/mol. The van der Waals surface area contributed by atoms with Crippen LogP contribution in [-0.2, 0) is 13.0 Å². The minimum atomic E-state index is -0.590. The van der Waals surface area contributed by atoms with Crippen LogP contribution >= 0.6 is 0 Å². The van der Waals surface area contributed by atoms with Gasteiger partial charge in [-0.25, -0.2) is 0 Å². The van der Waals surface area contributed by atoms with Crippen molar-refractivity contribution in [1.82, 2.24) is 9.78 Å². The lowest BCUT2D eigenvalue weighted by Gasteiger charge is -2.11. The van der Waals surface area contributed by atoms with Crippen LogP contribution < -0.4 is 0 Å². The van der Waals surface area contributed by atoms with E-state index in [1.165, 1.54) is 5.56 Å². The van der Waals surface area contributed by atoms with E-state index in [1.807, 2.05) is 29.9 Å². The summed E-state index contributed by atoms with van der Waals surface area (Å²) in [4.78, 5) is 0. The highest BCUT2D eigenvalue weighted by atomic mass is 16.3. The molecule has 0 saturated carbocycles. The van der Waals surface area contributed by atoms with Gasteiger partial charge in [0.1, 0.15) is 6.10 Å². The van der Waals surface area contributed by atoms with E-state index in [9.17, 15) is 5.11 Å². The van der Waals surface area contributed by atoms with Gasteiger partial charge in [0.2, 0.25) is 0 Å². The van der Waals surface area contributed by atoms with Gasteiger partial charge >= 0.3 is 0 Å². The van der Waals surface area contributed by atoms with Crippen molar-refractivity contribution in [2.75, 3.05) is 0 Å². The standard InChI is InChI=1S/C16H22N2O/c1-4-18-11-15(10-17-18)16(19)14-7-5-6-13(9-14)8-12(2)3/h5-7,9-12,16,19H,4,8H2,1-3H3. The first kappa shape index (κ1) is 13.8. The zero-order chi connectivity index (χ0) is 13.8. The minimum absolute atomic E-state index is 0.590. The van der Waals surface area contributed by atoms with Gasteiger partial charge in [-0.15, -0.1) is 0 Å². The molecule has 3 nitrogen and oxygen atoms in total. The van der Waals surface area contributed by atoms with E-state index in [-0.39, 0.29) is 0 Å². The third kappa shape index (κ3) is 3.44. The Labute approximate surface area is 114 Å². The molecule has 0 bridgehead atoms. The lowest BCUT2D eigenvalue weighted by atomic mass is 9.97. The zero-order valence-corrected chi connectivity index (χ0v) is 11.9. The maximum atomic E-state index is 10.4. The molecule has 0 aliphatic heterocycles. The van der Waals surface area contributed by atoms with Crippen molar-refractivity contribution in [2.24, 2.45) is 5.92 Å². The maximum Gasteiger partial charge on any atom is 0.107 e. The molecule has 2 aromatic rings. The van der Waals surface area contributed by atoms with E-state index in [1.54, 1.807) is 6.20 Å². The Kier molecular flexibility index (Phi) is 4.38. The molecule has 0 spiro atoms. The topological polar surface area (TPSA) is 38.0 Å². The number of benzene rings is 1. The largest absolute Gasteiger partial charge is 0.384 e. The van der Waals surface area contributed by atoms with Crippen molar-refractivity contribution in [1.29, 1.82) is 0 Å². The third-order valence-electron chi connectivity index (χ3n) is 3.20. The SMILES string of the molecule is CCn1cc(C(O)c2cccc(CC(C)C)c2)cn1. The van der Waals surface area contributed by atoms with Crippen LogP contribution in [0.1, 0.15) is 43.6 Å². The van der Waals surface area contributed by atoms with Crippen LogP contribution in [0.3, 0.4) is 0 Å². The highest BCUT2D eigenvalue weighted by molar-refractivity contribution is 5.31. The van der Waals surface area contributed by atoms with Crippen LogP contribution in [0, 0.1) is 5.92 Å². The molecule has 1 N–H and O–H groups in total. The smallest absolute Gasteiger partial charge is 0.107 e. The van der Waals surface area contributed by atoms with Gasteiger partial charge in [-0.2, -0.15) is 5.10 Å². The van der Waals surface area contributed by atoms with E-state index in [2.05, 4.69) is 31.1 Å². The zero-order valence-electron chi connectivity index (χ0n) is 11.9. The number of aliphatic hydroxyl groups is 1. The van der Waals surface area contributed by atoms with Crippen LogP contribution in [0.4, 0.5) is 0 Å². The van der Waals surface area contributed by atoms with Crippen LogP contribution in [0.2, 0.25) is 0 Å². The lowest BCUT2D eigenvalue weighted by Crippen LogP contribution is -2.01. The van der Waals surface area contributed by atoms with Crippen LogP contribution in [0.5, 0.6) is 0 Å². The number of aromatic nitrogens is 2. The first-order valence-corrected chi connectivity index (χ1v) is 6.89. The van der Waals surface area contributed by atoms with Gasteiger partial charge < -0.3 is 5.11 Å². The molecule has 0 saturated heterocycles. The lowest BCUT2D eigenvalue weighted by molar-refractivity contribution is 0.220. The van der Waals surface area contributed by atoms with Crippen LogP contribution in [0.15, 0.2) is 36.7 Å². The predicted octanol–water partition coefficient (Wildman–Crippen LogP) is 3.18. The first-order valence-electron chi connectivity index (χ1n) is 6.89. The summed E-state index contributed by atoms with van der Waals surface area (Å²) >= 11 is 0. The number of aryl methyl sites for hydroxylation is 1. The Hall–Kier alpha value is -1.61. The Morgan fingerprint density at radius 3 is 2.68 bits per heavy atom.